The predicted molar refractivity (Wildman–Crippen MR) is 90.9 cm³/mol. The molecule has 0 aliphatic rings. The van der Waals surface area contributed by atoms with E-state index in [1.807, 2.05) is 12.1 Å². The summed E-state index contributed by atoms with van der Waals surface area (Å²) in [5, 5.41) is 1.17. The van der Waals surface area contributed by atoms with Gasteiger partial charge in [0.1, 0.15) is 0 Å². The number of halogens is 2. The summed E-state index contributed by atoms with van der Waals surface area (Å²) in [7, 11) is 0. The molecule has 0 radical (unpaired) electrons. The molecule has 0 spiro atoms. The average molecular weight is 323 g/mol. The third kappa shape index (κ3) is 3.58. The number of benzene rings is 2. The lowest BCUT2D eigenvalue weighted by atomic mass is 9.91. The molecule has 2 aromatic rings. The molecule has 0 saturated carbocycles. The predicted octanol–water partition coefficient (Wildman–Crippen LogP) is 4.67. The van der Waals surface area contributed by atoms with Crippen LogP contribution in [0.2, 0.25) is 10.0 Å². The Bertz CT molecular complexity index is 630. The zero-order valence-corrected chi connectivity index (χ0v) is 14.0. The van der Waals surface area contributed by atoms with Crippen LogP contribution in [-0.2, 0) is 6.42 Å². The van der Waals surface area contributed by atoms with Crippen LogP contribution in [0.1, 0.15) is 33.9 Å². The topological polar surface area (TPSA) is 38.0 Å². The molecular formula is C17H20Cl2N2. The second-order valence-electron chi connectivity index (χ2n) is 5.45. The molecule has 0 aromatic heterocycles. The first-order valence-corrected chi connectivity index (χ1v) is 7.66. The third-order valence-electron chi connectivity index (χ3n) is 3.74. The molecule has 21 heavy (non-hydrogen) atoms. The highest BCUT2D eigenvalue weighted by Crippen LogP contribution is 2.31. The van der Waals surface area contributed by atoms with Gasteiger partial charge in [-0.3, -0.25) is 11.3 Å². The van der Waals surface area contributed by atoms with Crippen molar-refractivity contribution in [2.45, 2.75) is 33.2 Å². The van der Waals surface area contributed by atoms with Crippen molar-refractivity contribution in [3.8, 4) is 0 Å². The van der Waals surface area contributed by atoms with Crippen LogP contribution in [0.15, 0.2) is 30.3 Å². The Morgan fingerprint density at radius 2 is 1.71 bits per heavy atom. The van der Waals surface area contributed by atoms with E-state index in [-0.39, 0.29) is 6.04 Å². The van der Waals surface area contributed by atoms with E-state index in [0.717, 1.165) is 5.56 Å². The summed E-state index contributed by atoms with van der Waals surface area (Å²) in [4.78, 5) is 0. The van der Waals surface area contributed by atoms with Gasteiger partial charge in [-0.25, -0.2) is 0 Å². The summed E-state index contributed by atoms with van der Waals surface area (Å²) in [5.41, 5.74) is 8.84. The number of nitrogens with two attached hydrogens (primary N) is 1. The molecule has 2 rings (SSSR count). The van der Waals surface area contributed by atoms with Crippen LogP contribution in [0, 0.1) is 20.8 Å². The molecule has 2 aromatic carbocycles. The molecule has 0 fully saturated rings. The van der Waals surface area contributed by atoms with Crippen molar-refractivity contribution in [2.75, 3.05) is 0 Å². The minimum absolute atomic E-state index is 0.00145. The van der Waals surface area contributed by atoms with Gasteiger partial charge in [0.05, 0.1) is 16.1 Å². The maximum atomic E-state index is 6.29. The summed E-state index contributed by atoms with van der Waals surface area (Å²) in [6.45, 7) is 6.32. The Hall–Kier alpha value is -1.06. The minimum Gasteiger partial charge on any atom is -0.271 e. The summed E-state index contributed by atoms with van der Waals surface area (Å²) in [5.74, 6) is 5.79. The number of hydrazine groups is 1. The Labute approximate surface area is 136 Å². The first-order valence-electron chi connectivity index (χ1n) is 6.90. The molecule has 112 valence electrons. The molecule has 1 unspecified atom stereocenters. The van der Waals surface area contributed by atoms with Gasteiger partial charge < -0.3 is 0 Å². The van der Waals surface area contributed by atoms with E-state index in [1.54, 1.807) is 6.07 Å². The van der Waals surface area contributed by atoms with Gasteiger partial charge >= 0.3 is 0 Å². The van der Waals surface area contributed by atoms with Gasteiger partial charge in [0.15, 0.2) is 0 Å². The van der Waals surface area contributed by atoms with Crippen LogP contribution in [0.3, 0.4) is 0 Å². The zero-order chi connectivity index (χ0) is 15.6. The molecule has 0 aliphatic heterocycles. The third-order valence-corrected chi connectivity index (χ3v) is 4.60. The van der Waals surface area contributed by atoms with Gasteiger partial charge in [0, 0.05) is 0 Å². The highest BCUT2D eigenvalue weighted by Gasteiger charge is 2.18. The molecule has 0 bridgehead atoms. The Morgan fingerprint density at radius 1 is 1.10 bits per heavy atom. The lowest BCUT2D eigenvalue weighted by Crippen LogP contribution is -2.30. The van der Waals surface area contributed by atoms with E-state index in [0.29, 0.717) is 16.5 Å². The van der Waals surface area contributed by atoms with E-state index in [9.17, 15) is 0 Å². The molecule has 0 heterocycles. The number of hydrogen-bond donors (Lipinski definition) is 2. The van der Waals surface area contributed by atoms with Gasteiger partial charge in [-0.05, 0) is 55.5 Å². The maximum absolute atomic E-state index is 6.29. The largest absolute Gasteiger partial charge is 0.271 e. The fraction of sp³-hybridized carbons (Fsp3) is 0.294. The van der Waals surface area contributed by atoms with Crippen molar-refractivity contribution in [3.63, 3.8) is 0 Å². The van der Waals surface area contributed by atoms with Crippen LogP contribution in [0.5, 0.6) is 0 Å². The van der Waals surface area contributed by atoms with Crippen molar-refractivity contribution in [2.24, 2.45) is 5.84 Å². The van der Waals surface area contributed by atoms with Gasteiger partial charge in [0.2, 0.25) is 0 Å². The van der Waals surface area contributed by atoms with Crippen LogP contribution in [-0.4, -0.2) is 0 Å². The number of hydrogen-bond acceptors (Lipinski definition) is 2. The SMILES string of the molecule is Cc1cc(C)c(C(Cc2cccc(Cl)c2Cl)NN)c(C)c1. The van der Waals surface area contributed by atoms with E-state index < -0.39 is 0 Å². The monoisotopic (exact) mass is 322 g/mol. The lowest BCUT2D eigenvalue weighted by molar-refractivity contribution is 0.546. The van der Waals surface area contributed by atoms with Gasteiger partial charge in [-0.1, -0.05) is 53.0 Å². The minimum atomic E-state index is 0.00145. The van der Waals surface area contributed by atoms with E-state index in [2.05, 4.69) is 38.3 Å². The molecular weight excluding hydrogens is 303 g/mol. The zero-order valence-electron chi connectivity index (χ0n) is 12.5. The highest BCUT2D eigenvalue weighted by molar-refractivity contribution is 6.42. The second kappa shape index (κ2) is 6.80. The molecule has 2 nitrogen and oxygen atoms in total. The Morgan fingerprint density at radius 3 is 2.29 bits per heavy atom. The molecule has 0 aliphatic carbocycles. The highest BCUT2D eigenvalue weighted by atomic mass is 35.5. The lowest BCUT2D eigenvalue weighted by Gasteiger charge is -2.22. The first kappa shape index (κ1) is 16.3. The molecule has 1 atom stereocenters. The van der Waals surface area contributed by atoms with Crippen molar-refractivity contribution >= 4 is 23.2 Å². The van der Waals surface area contributed by atoms with Crippen molar-refractivity contribution in [1.82, 2.24) is 5.43 Å². The maximum Gasteiger partial charge on any atom is 0.0624 e. The van der Waals surface area contributed by atoms with Gasteiger partial charge in [-0.15, -0.1) is 0 Å². The normalized spacial score (nSPS) is 12.5. The quantitative estimate of drug-likeness (QED) is 0.634. The second-order valence-corrected chi connectivity index (χ2v) is 6.23. The summed E-state index contributed by atoms with van der Waals surface area (Å²) in [6.07, 6.45) is 0.695. The van der Waals surface area contributed by atoms with E-state index in [1.165, 1.54) is 22.3 Å². The summed E-state index contributed by atoms with van der Waals surface area (Å²) in [6, 6.07) is 10.0. The van der Waals surface area contributed by atoms with Crippen LogP contribution < -0.4 is 11.3 Å². The fourth-order valence-electron chi connectivity index (χ4n) is 2.91. The van der Waals surface area contributed by atoms with Crippen LogP contribution in [0.4, 0.5) is 0 Å². The Kier molecular flexibility index (Phi) is 5.28. The number of nitrogens with one attached hydrogen (secondary N) is 1. The number of aryl methyl sites for hydroxylation is 3. The Balaban J connectivity index is 2.39. The van der Waals surface area contributed by atoms with E-state index in [4.69, 9.17) is 29.0 Å². The molecule has 4 heteroatoms. The van der Waals surface area contributed by atoms with Crippen LogP contribution in [0.25, 0.3) is 0 Å². The van der Waals surface area contributed by atoms with Crippen molar-refractivity contribution in [1.29, 1.82) is 0 Å². The van der Waals surface area contributed by atoms with Crippen molar-refractivity contribution < 1.29 is 0 Å². The number of rotatable bonds is 4. The van der Waals surface area contributed by atoms with Gasteiger partial charge in [0.25, 0.3) is 0 Å². The summed E-state index contributed by atoms with van der Waals surface area (Å²) < 4.78 is 0. The first-order chi connectivity index (χ1) is 9.93. The summed E-state index contributed by atoms with van der Waals surface area (Å²) >= 11 is 12.4. The molecule has 0 amide bonds. The average Bonchev–Trinajstić information content (AvgIpc) is 2.41. The molecule has 3 N–H and O–H groups in total. The molecule has 0 saturated heterocycles. The van der Waals surface area contributed by atoms with Gasteiger partial charge in [-0.2, -0.15) is 0 Å². The van der Waals surface area contributed by atoms with Crippen molar-refractivity contribution in [3.05, 3.63) is 68.2 Å². The smallest absolute Gasteiger partial charge is 0.0624 e. The van der Waals surface area contributed by atoms with E-state index >= 15 is 0 Å². The van der Waals surface area contributed by atoms with Crippen LogP contribution >= 0.6 is 23.2 Å². The standard InChI is InChI=1S/C17H20Cl2N2/c1-10-7-11(2)16(12(3)8-10)15(21-20)9-13-5-4-6-14(18)17(13)19/h4-8,15,21H,9,20H2,1-3H3. The fourth-order valence-corrected chi connectivity index (χ4v) is 3.31.